The maximum atomic E-state index is 10.8. The minimum atomic E-state index is -5.17. The molecule has 0 bridgehead atoms. The number of hydrogen-bond acceptors (Lipinski definition) is 9. The quantitative estimate of drug-likeness (QED) is 0.260. The summed E-state index contributed by atoms with van der Waals surface area (Å²) in [6, 6.07) is 0. The van der Waals surface area contributed by atoms with Crippen LogP contribution in [-0.2, 0) is 19.4 Å². The Morgan fingerprint density at radius 2 is 1.59 bits per heavy atom. The molecule has 0 saturated carbocycles. The highest BCUT2D eigenvalue weighted by Crippen LogP contribution is 2.07. The van der Waals surface area contributed by atoms with Crippen LogP contribution in [0.4, 0.5) is 0 Å². The molecule has 102 valence electrons. The van der Waals surface area contributed by atoms with Gasteiger partial charge in [-0.3, -0.25) is 4.55 Å². The van der Waals surface area contributed by atoms with Gasteiger partial charge >= 0.3 is 16.4 Å². The summed E-state index contributed by atoms with van der Waals surface area (Å²) < 4.78 is 31.6. The lowest BCUT2D eigenvalue weighted by molar-refractivity contribution is -0.161. The van der Waals surface area contributed by atoms with E-state index in [0.717, 1.165) is 0 Å². The van der Waals surface area contributed by atoms with Gasteiger partial charge in [0.1, 0.15) is 18.3 Å². The third-order valence-corrected chi connectivity index (χ3v) is 2.06. The summed E-state index contributed by atoms with van der Waals surface area (Å²) in [6.07, 6.45) is -8.83. The van der Waals surface area contributed by atoms with Gasteiger partial charge in [-0.2, -0.15) is 8.42 Å². The van der Waals surface area contributed by atoms with Gasteiger partial charge in [-0.05, 0) is 0 Å². The van der Waals surface area contributed by atoms with Gasteiger partial charge in [-0.15, -0.1) is 0 Å². The monoisotopic (exact) mass is 276 g/mol. The second kappa shape index (κ2) is 6.20. The van der Waals surface area contributed by atoms with E-state index in [4.69, 9.17) is 30.1 Å². The van der Waals surface area contributed by atoms with Crippen LogP contribution in [0.15, 0.2) is 0 Å². The van der Waals surface area contributed by atoms with Crippen LogP contribution in [0, 0.1) is 0 Å². The van der Waals surface area contributed by atoms with Crippen LogP contribution < -0.4 is 0 Å². The van der Waals surface area contributed by atoms with Crippen molar-refractivity contribution in [3.63, 3.8) is 0 Å². The molecule has 0 amide bonds. The summed E-state index contributed by atoms with van der Waals surface area (Å²) in [6.45, 7) is -0.974. The van der Waals surface area contributed by atoms with Gasteiger partial charge in [0.05, 0.1) is 6.61 Å². The molecule has 0 aliphatic carbocycles. The zero-order chi connectivity index (χ0) is 13.8. The number of hydrogen-bond donors (Lipinski definition) is 6. The lowest BCUT2D eigenvalue weighted by Gasteiger charge is -2.23. The van der Waals surface area contributed by atoms with E-state index in [1.54, 1.807) is 0 Å². The van der Waals surface area contributed by atoms with E-state index in [2.05, 4.69) is 4.18 Å². The van der Waals surface area contributed by atoms with E-state index in [9.17, 15) is 13.2 Å². The van der Waals surface area contributed by atoms with Gasteiger partial charge in [-0.1, -0.05) is 0 Å². The Labute approximate surface area is 95.6 Å². The topological polar surface area (TPSA) is 182 Å². The fourth-order valence-corrected chi connectivity index (χ4v) is 1.12. The fraction of sp³-hybridized carbons (Fsp3) is 0.833. The molecule has 0 aromatic heterocycles. The molecule has 0 heterocycles. The second-order valence-electron chi connectivity index (χ2n) is 3.01. The first-order valence-electron chi connectivity index (χ1n) is 4.14. The molecule has 0 aromatic carbocycles. The molecule has 4 atom stereocenters. The first-order valence-corrected chi connectivity index (χ1v) is 5.50. The molecule has 0 aliphatic heterocycles. The van der Waals surface area contributed by atoms with E-state index < -0.39 is 47.4 Å². The summed E-state index contributed by atoms with van der Waals surface area (Å²) in [5.74, 6) is -1.95. The molecular formula is C6H12O10S. The van der Waals surface area contributed by atoms with E-state index >= 15 is 0 Å². The van der Waals surface area contributed by atoms with Crippen molar-refractivity contribution in [1.29, 1.82) is 0 Å². The molecule has 0 spiro atoms. The highest BCUT2D eigenvalue weighted by Gasteiger charge is 2.36. The van der Waals surface area contributed by atoms with Crippen molar-refractivity contribution in [1.82, 2.24) is 0 Å². The SMILES string of the molecule is O=C(OS(=O)(=O)O)C(O)C(O)C(O)C(O)CO. The highest BCUT2D eigenvalue weighted by molar-refractivity contribution is 7.81. The van der Waals surface area contributed by atoms with Gasteiger partial charge < -0.3 is 29.7 Å². The van der Waals surface area contributed by atoms with E-state index in [0.29, 0.717) is 0 Å². The van der Waals surface area contributed by atoms with Gasteiger partial charge in [0.15, 0.2) is 6.10 Å². The van der Waals surface area contributed by atoms with Crippen molar-refractivity contribution in [3.05, 3.63) is 0 Å². The van der Waals surface area contributed by atoms with E-state index in [1.807, 2.05) is 0 Å². The van der Waals surface area contributed by atoms with Crippen molar-refractivity contribution >= 4 is 16.4 Å². The Bertz CT molecular complexity index is 350. The molecule has 0 aliphatic rings. The molecule has 0 aromatic rings. The third kappa shape index (κ3) is 5.36. The first-order chi connectivity index (χ1) is 7.60. The zero-order valence-corrected chi connectivity index (χ0v) is 9.06. The maximum Gasteiger partial charge on any atom is 0.449 e. The van der Waals surface area contributed by atoms with E-state index in [-0.39, 0.29) is 0 Å². The molecule has 10 nitrogen and oxygen atoms in total. The first kappa shape index (κ1) is 16.2. The fourth-order valence-electron chi connectivity index (χ4n) is 0.815. The standard InChI is InChI=1S/C6H12O10S/c7-1-2(8)3(9)4(10)5(11)6(12)16-17(13,14)15/h2-5,7-11H,1H2,(H,13,14,15). The van der Waals surface area contributed by atoms with Crippen LogP contribution >= 0.6 is 0 Å². The summed E-state index contributed by atoms with van der Waals surface area (Å²) in [5.41, 5.74) is 0. The van der Waals surface area contributed by atoms with Gasteiger partial charge in [-0.25, -0.2) is 4.79 Å². The maximum absolute atomic E-state index is 10.8. The second-order valence-corrected chi connectivity index (χ2v) is 4.03. The molecule has 0 saturated heterocycles. The predicted octanol–water partition coefficient (Wildman–Crippen LogP) is -4.23. The van der Waals surface area contributed by atoms with E-state index in [1.165, 1.54) is 0 Å². The van der Waals surface area contributed by atoms with Crippen LogP contribution in [0.3, 0.4) is 0 Å². The van der Waals surface area contributed by atoms with Crippen molar-refractivity contribution in [2.45, 2.75) is 24.4 Å². The van der Waals surface area contributed by atoms with Gasteiger partial charge in [0.25, 0.3) is 0 Å². The average Bonchev–Trinajstić information content (AvgIpc) is 2.22. The molecule has 0 radical (unpaired) electrons. The smallest absolute Gasteiger partial charge is 0.394 e. The molecular weight excluding hydrogens is 264 g/mol. The molecule has 6 N–H and O–H groups in total. The average molecular weight is 276 g/mol. The molecule has 0 rings (SSSR count). The lowest BCUT2D eigenvalue weighted by Crippen LogP contribution is -2.49. The third-order valence-electron chi connectivity index (χ3n) is 1.68. The van der Waals surface area contributed by atoms with Gasteiger partial charge in [0, 0.05) is 0 Å². The largest absolute Gasteiger partial charge is 0.449 e. The molecule has 4 unspecified atom stereocenters. The lowest BCUT2D eigenvalue weighted by atomic mass is 10.0. The normalized spacial score (nSPS) is 19.2. The number of aliphatic hydroxyl groups excluding tert-OH is 5. The van der Waals surface area contributed by atoms with Crippen molar-refractivity contribution in [2.24, 2.45) is 0 Å². The number of aliphatic hydroxyl groups is 5. The van der Waals surface area contributed by atoms with Crippen LogP contribution in [0.5, 0.6) is 0 Å². The Balaban J connectivity index is 4.59. The predicted molar refractivity (Wildman–Crippen MR) is 48.8 cm³/mol. The van der Waals surface area contributed by atoms with Crippen LogP contribution in [0.1, 0.15) is 0 Å². The van der Waals surface area contributed by atoms with Crippen LogP contribution in [0.25, 0.3) is 0 Å². The van der Waals surface area contributed by atoms with Gasteiger partial charge in [0.2, 0.25) is 0 Å². The molecule has 0 fully saturated rings. The summed E-state index contributed by atoms with van der Waals surface area (Å²) in [7, 11) is -5.17. The van der Waals surface area contributed by atoms with Crippen LogP contribution in [-0.4, -0.2) is 75.5 Å². The Hall–Kier alpha value is -0.820. The van der Waals surface area contributed by atoms with Crippen molar-refractivity contribution < 1.29 is 47.5 Å². The summed E-state index contributed by atoms with van der Waals surface area (Å²) in [4.78, 5) is 10.8. The summed E-state index contributed by atoms with van der Waals surface area (Å²) in [5, 5.41) is 44.5. The Morgan fingerprint density at radius 1 is 1.12 bits per heavy atom. The van der Waals surface area contributed by atoms with Crippen molar-refractivity contribution in [3.8, 4) is 0 Å². The minimum absolute atomic E-state index is 0.974. The Kier molecular flexibility index (Phi) is 5.91. The number of carbonyl (C=O) groups is 1. The van der Waals surface area contributed by atoms with Crippen molar-refractivity contribution in [2.75, 3.05) is 6.61 Å². The minimum Gasteiger partial charge on any atom is -0.394 e. The molecule has 11 heteroatoms. The Morgan fingerprint density at radius 3 is 1.94 bits per heavy atom. The number of rotatable bonds is 6. The summed E-state index contributed by atoms with van der Waals surface area (Å²) >= 11 is 0. The zero-order valence-electron chi connectivity index (χ0n) is 8.24. The highest BCUT2D eigenvalue weighted by atomic mass is 32.3. The van der Waals surface area contributed by atoms with Crippen LogP contribution in [0.2, 0.25) is 0 Å². The molecule has 17 heavy (non-hydrogen) atoms. The number of carbonyl (C=O) groups excluding carboxylic acids is 1.